The molecule has 0 spiro atoms. The van der Waals surface area contributed by atoms with E-state index in [9.17, 15) is 0 Å². The third kappa shape index (κ3) is 2.82. The van der Waals surface area contributed by atoms with Gasteiger partial charge in [-0.2, -0.15) is 10.2 Å². The highest BCUT2D eigenvalue weighted by molar-refractivity contribution is 5.45. The fourth-order valence-corrected chi connectivity index (χ4v) is 4.33. The smallest absolute Gasteiger partial charge is 0.151 e. The van der Waals surface area contributed by atoms with E-state index in [2.05, 4.69) is 43.9 Å². The Bertz CT molecular complexity index is 753. The Balaban J connectivity index is 1.19. The maximum atomic E-state index is 4.79. The summed E-state index contributed by atoms with van der Waals surface area (Å²) < 4.78 is 2.21. The predicted molar refractivity (Wildman–Crippen MR) is 96.7 cm³/mol. The fraction of sp³-hybridized carbons (Fsp3) is 0.632. The van der Waals surface area contributed by atoms with Crippen LogP contribution in [0.5, 0.6) is 0 Å². The Hall–Kier alpha value is -1.95. The molecule has 0 radical (unpaired) electrons. The summed E-state index contributed by atoms with van der Waals surface area (Å²) in [5, 5.41) is 13.6. The Morgan fingerprint density at radius 2 is 2.00 bits per heavy atom. The lowest BCUT2D eigenvalue weighted by Crippen LogP contribution is -2.58. The van der Waals surface area contributed by atoms with E-state index in [1.807, 2.05) is 0 Å². The summed E-state index contributed by atoms with van der Waals surface area (Å²) in [6.45, 7) is 4.11. The molecule has 0 aromatic carbocycles. The number of fused-ring (bicyclic) bond motifs is 2. The van der Waals surface area contributed by atoms with Gasteiger partial charge in [0.1, 0.15) is 0 Å². The summed E-state index contributed by atoms with van der Waals surface area (Å²) in [4.78, 5) is 4.79. The Morgan fingerprint density at radius 1 is 1.08 bits per heavy atom. The molecule has 4 heterocycles. The van der Waals surface area contributed by atoms with Gasteiger partial charge in [0.25, 0.3) is 0 Å². The lowest BCUT2D eigenvalue weighted by Gasteiger charge is -2.44. The number of likely N-dealkylation sites (N-methyl/N-ethyl adjacent to an activating group) is 1. The Labute approximate surface area is 148 Å². The van der Waals surface area contributed by atoms with Crippen LogP contribution in [0, 0.1) is 0 Å². The van der Waals surface area contributed by atoms with Crippen LogP contribution in [0.25, 0.3) is 0 Å². The van der Waals surface area contributed by atoms with Gasteiger partial charge < -0.3 is 4.90 Å². The summed E-state index contributed by atoms with van der Waals surface area (Å²) in [6.07, 6.45) is 7.25. The van der Waals surface area contributed by atoms with Gasteiger partial charge in [0, 0.05) is 37.9 Å². The van der Waals surface area contributed by atoms with Crippen molar-refractivity contribution < 1.29 is 0 Å². The molecule has 2 aromatic heterocycles. The van der Waals surface area contributed by atoms with Crippen LogP contribution in [0.15, 0.2) is 12.1 Å². The zero-order chi connectivity index (χ0) is 16.8. The molecule has 0 unspecified atom stereocenters. The number of hydrogen-bond acceptors (Lipinski definition) is 5. The minimum Gasteiger partial charge on any atom is -0.352 e. The number of anilines is 1. The molecule has 0 amide bonds. The van der Waals surface area contributed by atoms with Crippen LogP contribution >= 0.6 is 0 Å². The van der Waals surface area contributed by atoms with Crippen molar-refractivity contribution in [2.45, 2.75) is 57.7 Å². The highest BCUT2D eigenvalue weighted by Gasteiger charge is 2.32. The van der Waals surface area contributed by atoms with Crippen molar-refractivity contribution in [1.82, 2.24) is 24.9 Å². The molecule has 6 nitrogen and oxygen atoms in total. The topological polar surface area (TPSA) is 50.1 Å². The van der Waals surface area contributed by atoms with E-state index in [-0.39, 0.29) is 0 Å². The maximum Gasteiger partial charge on any atom is 0.151 e. The summed E-state index contributed by atoms with van der Waals surface area (Å²) in [7, 11) is 2.22. The van der Waals surface area contributed by atoms with Crippen molar-refractivity contribution in [2.24, 2.45) is 0 Å². The molecular weight excluding hydrogens is 312 g/mol. The van der Waals surface area contributed by atoms with E-state index >= 15 is 0 Å². The molecule has 0 N–H and O–H groups in total. The molecule has 1 aliphatic carbocycles. The molecule has 0 saturated carbocycles. The largest absolute Gasteiger partial charge is 0.352 e. The van der Waals surface area contributed by atoms with Crippen LogP contribution in [0.3, 0.4) is 0 Å². The molecule has 3 aliphatic rings. The maximum absolute atomic E-state index is 4.79. The zero-order valence-electron chi connectivity index (χ0n) is 15.0. The number of aryl methyl sites for hydroxylation is 4. The van der Waals surface area contributed by atoms with Crippen molar-refractivity contribution in [3.8, 4) is 0 Å². The normalized spacial score (nSPS) is 19.8. The highest BCUT2D eigenvalue weighted by atomic mass is 15.4. The third-order valence-corrected chi connectivity index (χ3v) is 5.99. The molecule has 5 rings (SSSR count). The molecule has 2 aromatic rings. The van der Waals surface area contributed by atoms with Crippen LogP contribution in [0.1, 0.15) is 41.9 Å². The van der Waals surface area contributed by atoms with Crippen molar-refractivity contribution in [3.05, 3.63) is 34.8 Å². The molecule has 1 fully saturated rings. The zero-order valence-corrected chi connectivity index (χ0v) is 15.0. The predicted octanol–water partition coefficient (Wildman–Crippen LogP) is 1.82. The molecule has 0 bridgehead atoms. The first kappa shape index (κ1) is 15.3. The lowest BCUT2D eigenvalue weighted by atomic mass is 10.1. The van der Waals surface area contributed by atoms with Gasteiger partial charge in [-0.3, -0.25) is 9.58 Å². The summed E-state index contributed by atoms with van der Waals surface area (Å²) >= 11 is 0. The molecule has 6 heteroatoms. The van der Waals surface area contributed by atoms with Crippen LogP contribution < -0.4 is 4.90 Å². The lowest BCUT2D eigenvalue weighted by molar-refractivity contribution is 0.194. The van der Waals surface area contributed by atoms with Crippen molar-refractivity contribution >= 4 is 5.82 Å². The first-order chi connectivity index (χ1) is 12.3. The summed E-state index contributed by atoms with van der Waals surface area (Å²) in [6, 6.07) is 5.14. The van der Waals surface area contributed by atoms with Gasteiger partial charge in [-0.25, -0.2) is 0 Å². The van der Waals surface area contributed by atoms with Gasteiger partial charge in [-0.1, -0.05) is 0 Å². The number of hydrogen-bond donors (Lipinski definition) is 0. The van der Waals surface area contributed by atoms with Gasteiger partial charge in [-0.05, 0) is 63.3 Å². The van der Waals surface area contributed by atoms with E-state index in [1.54, 1.807) is 0 Å². The van der Waals surface area contributed by atoms with Crippen LogP contribution in [-0.4, -0.2) is 51.1 Å². The number of aromatic nitrogens is 4. The van der Waals surface area contributed by atoms with E-state index in [0.29, 0.717) is 6.04 Å². The van der Waals surface area contributed by atoms with E-state index in [1.165, 1.54) is 54.7 Å². The first-order valence-corrected chi connectivity index (χ1v) is 9.62. The van der Waals surface area contributed by atoms with E-state index in [4.69, 9.17) is 5.10 Å². The standard InChI is InChI=1S/C19H26N6/c1-23(11-15-10-16-6-2-3-8-25(16)22-15)17-12-24(13-17)19-9-14-5-4-7-18(14)20-21-19/h9-10,17H,2-8,11-13H2,1H3. The third-order valence-electron chi connectivity index (χ3n) is 5.99. The van der Waals surface area contributed by atoms with Crippen LogP contribution in [0.2, 0.25) is 0 Å². The number of rotatable bonds is 4. The SMILES string of the molecule is CN(Cc1cc2n(n1)CCCC2)C1CN(c2cc3c(nn2)CCC3)C1. The molecular formula is C19H26N6. The van der Waals surface area contributed by atoms with Gasteiger partial charge in [-0.15, -0.1) is 5.10 Å². The summed E-state index contributed by atoms with van der Waals surface area (Å²) in [5.74, 6) is 1.06. The van der Waals surface area contributed by atoms with Gasteiger partial charge in [0.15, 0.2) is 5.82 Å². The molecule has 1 saturated heterocycles. The van der Waals surface area contributed by atoms with Gasteiger partial charge in [0.05, 0.1) is 11.4 Å². The van der Waals surface area contributed by atoms with Gasteiger partial charge >= 0.3 is 0 Å². The first-order valence-electron chi connectivity index (χ1n) is 9.62. The van der Waals surface area contributed by atoms with Crippen molar-refractivity contribution in [3.63, 3.8) is 0 Å². The summed E-state index contributed by atoms with van der Waals surface area (Å²) in [5.41, 5.74) is 5.25. The second-order valence-electron chi connectivity index (χ2n) is 7.81. The number of nitrogens with zero attached hydrogens (tertiary/aromatic N) is 6. The second kappa shape index (κ2) is 6.09. The average Bonchev–Trinajstić information content (AvgIpc) is 3.18. The fourth-order valence-electron chi connectivity index (χ4n) is 4.33. The van der Waals surface area contributed by atoms with Gasteiger partial charge in [0.2, 0.25) is 0 Å². The highest BCUT2D eigenvalue weighted by Crippen LogP contribution is 2.27. The second-order valence-corrected chi connectivity index (χ2v) is 7.81. The van der Waals surface area contributed by atoms with E-state index in [0.717, 1.165) is 38.4 Å². The van der Waals surface area contributed by atoms with E-state index < -0.39 is 0 Å². The van der Waals surface area contributed by atoms with Crippen molar-refractivity contribution in [2.75, 3.05) is 25.0 Å². The Kier molecular flexibility index (Phi) is 3.73. The Morgan fingerprint density at radius 3 is 2.88 bits per heavy atom. The minimum absolute atomic E-state index is 0.578. The monoisotopic (exact) mass is 338 g/mol. The molecule has 0 atom stereocenters. The molecule has 132 valence electrons. The molecule has 25 heavy (non-hydrogen) atoms. The average molecular weight is 338 g/mol. The molecule has 2 aliphatic heterocycles. The quantitative estimate of drug-likeness (QED) is 0.851. The van der Waals surface area contributed by atoms with Crippen LogP contribution in [-0.2, 0) is 32.4 Å². The van der Waals surface area contributed by atoms with Crippen LogP contribution in [0.4, 0.5) is 5.82 Å². The van der Waals surface area contributed by atoms with Crippen molar-refractivity contribution in [1.29, 1.82) is 0 Å². The minimum atomic E-state index is 0.578.